The van der Waals surface area contributed by atoms with Gasteiger partial charge < -0.3 is 9.72 Å². The van der Waals surface area contributed by atoms with Gasteiger partial charge in [0.05, 0.1) is 13.4 Å². The maximum absolute atomic E-state index is 13.9. The van der Waals surface area contributed by atoms with Gasteiger partial charge in [-0.25, -0.2) is 17.8 Å². The SMILES string of the molecule is COc1ccc(F)cc1-c1ccnc2[nH]c(C3C=CN(S(C)(=O)=O)CC3)cc12. The Morgan fingerprint density at radius 3 is 2.75 bits per heavy atom. The van der Waals surface area contributed by atoms with Gasteiger partial charge in [0.15, 0.2) is 0 Å². The minimum absolute atomic E-state index is 0.0504. The Bertz CT molecular complexity index is 1170. The number of H-pyrrole nitrogens is 1. The summed E-state index contributed by atoms with van der Waals surface area (Å²) in [7, 11) is -1.68. The fourth-order valence-corrected chi connectivity index (χ4v) is 4.27. The fraction of sp³-hybridized carbons (Fsp3) is 0.250. The van der Waals surface area contributed by atoms with Crippen LogP contribution in [0, 0.1) is 5.82 Å². The molecule has 1 unspecified atom stereocenters. The first-order valence-electron chi connectivity index (χ1n) is 8.83. The maximum atomic E-state index is 13.9. The van der Waals surface area contributed by atoms with E-state index in [1.165, 1.54) is 22.7 Å². The lowest BCUT2D eigenvalue weighted by Crippen LogP contribution is -2.29. The van der Waals surface area contributed by atoms with Crippen LogP contribution < -0.4 is 4.74 Å². The van der Waals surface area contributed by atoms with Crippen LogP contribution in [0.25, 0.3) is 22.2 Å². The number of hydrogen-bond donors (Lipinski definition) is 1. The van der Waals surface area contributed by atoms with E-state index in [9.17, 15) is 12.8 Å². The number of benzene rings is 1. The van der Waals surface area contributed by atoms with E-state index in [4.69, 9.17) is 4.74 Å². The van der Waals surface area contributed by atoms with Crippen LogP contribution in [-0.4, -0.2) is 42.6 Å². The van der Waals surface area contributed by atoms with E-state index in [2.05, 4.69) is 9.97 Å². The Kier molecular flexibility index (Phi) is 4.58. The summed E-state index contributed by atoms with van der Waals surface area (Å²) in [6, 6.07) is 8.25. The monoisotopic (exact) mass is 401 g/mol. The number of nitrogens with zero attached hydrogens (tertiary/aromatic N) is 2. The lowest BCUT2D eigenvalue weighted by molar-refractivity contribution is 0.415. The summed E-state index contributed by atoms with van der Waals surface area (Å²) in [6.07, 6.45) is 7.01. The number of hydrogen-bond acceptors (Lipinski definition) is 4. The number of methoxy groups -OCH3 is 1. The number of allylic oxidation sites excluding steroid dienone is 1. The number of ether oxygens (including phenoxy) is 1. The Morgan fingerprint density at radius 2 is 2.07 bits per heavy atom. The molecule has 1 N–H and O–H groups in total. The minimum atomic E-state index is -3.24. The third-order valence-corrected chi connectivity index (χ3v) is 6.13. The van der Waals surface area contributed by atoms with Crippen LogP contribution in [0.5, 0.6) is 5.75 Å². The molecule has 1 aromatic carbocycles. The van der Waals surface area contributed by atoms with Gasteiger partial charge in [-0.2, -0.15) is 0 Å². The first-order valence-corrected chi connectivity index (χ1v) is 10.7. The van der Waals surface area contributed by atoms with E-state index in [-0.39, 0.29) is 11.7 Å². The highest BCUT2D eigenvalue weighted by Crippen LogP contribution is 2.37. The van der Waals surface area contributed by atoms with Gasteiger partial charge in [0.2, 0.25) is 10.0 Å². The van der Waals surface area contributed by atoms with Crippen LogP contribution in [0.3, 0.4) is 0 Å². The van der Waals surface area contributed by atoms with Crippen LogP contribution in [0.4, 0.5) is 4.39 Å². The zero-order chi connectivity index (χ0) is 19.9. The van der Waals surface area contributed by atoms with Gasteiger partial charge in [-0.15, -0.1) is 0 Å². The van der Waals surface area contributed by atoms with Gasteiger partial charge in [0.25, 0.3) is 0 Å². The molecule has 1 atom stereocenters. The van der Waals surface area contributed by atoms with Crippen LogP contribution in [0.2, 0.25) is 0 Å². The van der Waals surface area contributed by atoms with Crippen molar-refractivity contribution in [3.63, 3.8) is 0 Å². The molecule has 0 amide bonds. The van der Waals surface area contributed by atoms with E-state index in [1.54, 1.807) is 25.6 Å². The molecule has 0 radical (unpaired) electrons. The summed E-state index contributed by atoms with van der Waals surface area (Å²) in [5.41, 5.74) is 3.11. The van der Waals surface area contributed by atoms with Crippen molar-refractivity contribution >= 4 is 21.1 Å². The maximum Gasteiger partial charge on any atom is 0.231 e. The second-order valence-electron chi connectivity index (χ2n) is 6.80. The molecule has 2 aromatic heterocycles. The van der Waals surface area contributed by atoms with Gasteiger partial charge in [-0.1, -0.05) is 6.08 Å². The van der Waals surface area contributed by atoms with Gasteiger partial charge >= 0.3 is 0 Å². The quantitative estimate of drug-likeness (QED) is 0.724. The summed E-state index contributed by atoms with van der Waals surface area (Å²) < 4.78 is 43.9. The van der Waals surface area contributed by atoms with E-state index in [0.717, 1.165) is 16.6 Å². The van der Waals surface area contributed by atoms with Crippen molar-refractivity contribution in [2.45, 2.75) is 12.3 Å². The van der Waals surface area contributed by atoms with Gasteiger partial charge in [-0.3, -0.25) is 4.31 Å². The largest absolute Gasteiger partial charge is 0.496 e. The Morgan fingerprint density at radius 1 is 1.25 bits per heavy atom. The lowest BCUT2D eigenvalue weighted by Gasteiger charge is -2.25. The molecule has 4 rings (SSSR count). The molecule has 28 heavy (non-hydrogen) atoms. The molecule has 1 aliphatic heterocycles. The van der Waals surface area contributed by atoms with Crippen LogP contribution in [-0.2, 0) is 10.0 Å². The van der Waals surface area contributed by atoms with Crippen LogP contribution >= 0.6 is 0 Å². The lowest BCUT2D eigenvalue weighted by atomic mass is 9.98. The van der Waals surface area contributed by atoms with Crippen molar-refractivity contribution in [2.75, 3.05) is 19.9 Å². The molecule has 6 nitrogen and oxygen atoms in total. The van der Waals surface area contributed by atoms with Gasteiger partial charge in [-0.05, 0) is 42.3 Å². The highest BCUT2D eigenvalue weighted by Gasteiger charge is 2.22. The molecule has 0 aliphatic carbocycles. The molecule has 1 aliphatic rings. The zero-order valence-corrected chi connectivity index (χ0v) is 16.3. The van der Waals surface area contributed by atoms with Crippen LogP contribution in [0.1, 0.15) is 18.0 Å². The highest BCUT2D eigenvalue weighted by molar-refractivity contribution is 7.88. The molecule has 0 spiro atoms. The summed E-state index contributed by atoms with van der Waals surface area (Å²) in [5, 5.41) is 0.861. The molecule has 3 aromatic rings. The fourth-order valence-electron chi connectivity index (χ4n) is 3.55. The summed E-state index contributed by atoms with van der Waals surface area (Å²) in [4.78, 5) is 7.71. The van der Waals surface area contributed by atoms with Crippen molar-refractivity contribution in [3.8, 4) is 16.9 Å². The topological polar surface area (TPSA) is 75.3 Å². The number of pyridine rings is 1. The first-order chi connectivity index (χ1) is 13.4. The number of aromatic amines is 1. The molecule has 146 valence electrons. The van der Waals surface area contributed by atoms with Crippen molar-refractivity contribution in [1.29, 1.82) is 0 Å². The third kappa shape index (κ3) is 3.35. The van der Waals surface area contributed by atoms with Crippen molar-refractivity contribution in [1.82, 2.24) is 14.3 Å². The molecular weight excluding hydrogens is 381 g/mol. The van der Waals surface area contributed by atoms with Gasteiger partial charge in [0, 0.05) is 41.5 Å². The van der Waals surface area contributed by atoms with E-state index in [0.29, 0.717) is 29.9 Å². The number of nitrogens with one attached hydrogen (secondary N) is 1. The second kappa shape index (κ2) is 6.94. The molecule has 0 fully saturated rings. The first kappa shape index (κ1) is 18.5. The van der Waals surface area contributed by atoms with Crippen molar-refractivity contribution in [2.24, 2.45) is 0 Å². The molecule has 8 heteroatoms. The normalized spacial score (nSPS) is 17.2. The summed E-state index contributed by atoms with van der Waals surface area (Å²) in [5.74, 6) is 0.292. The predicted molar refractivity (Wildman–Crippen MR) is 106 cm³/mol. The molecule has 0 saturated carbocycles. The number of aromatic nitrogens is 2. The summed E-state index contributed by atoms with van der Waals surface area (Å²) in [6.45, 7) is 0.424. The van der Waals surface area contributed by atoms with E-state index >= 15 is 0 Å². The smallest absolute Gasteiger partial charge is 0.231 e. The average Bonchev–Trinajstić information content (AvgIpc) is 3.11. The third-order valence-electron chi connectivity index (χ3n) is 4.97. The molecular formula is C20H20FN3O3S. The van der Waals surface area contributed by atoms with Gasteiger partial charge in [0.1, 0.15) is 17.2 Å². The molecule has 0 bridgehead atoms. The van der Waals surface area contributed by atoms with Crippen molar-refractivity contribution in [3.05, 3.63) is 60.3 Å². The Hall–Kier alpha value is -2.87. The van der Waals surface area contributed by atoms with E-state index in [1.807, 2.05) is 18.2 Å². The van der Waals surface area contributed by atoms with Crippen molar-refractivity contribution < 1.29 is 17.5 Å². The number of halogens is 1. The molecule has 3 heterocycles. The zero-order valence-electron chi connectivity index (χ0n) is 15.5. The Balaban J connectivity index is 1.76. The highest BCUT2D eigenvalue weighted by atomic mass is 32.2. The Labute approximate surface area is 162 Å². The van der Waals surface area contributed by atoms with Crippen LogP contribution in [0.15, 0.2) is 48.8 Å². The molecule has 0 saturated heterocycles. The summed E-state index contributed by atoms with van der Waals surface area (Å²) >= 11 is 0. The number of fused-ring (bicyclic) bond motifs is 1. The number of rotatable bonds is 4. The van der Waals surface area contributed by atoms with E-state index < -0.39 is 10.0 Å². The second-order valence-corrected chi connectivity index (χ2v) is 8.74. The number of sulfonamides is 1. The predicted octanol–water partition coefficient (Wildman–Crippen LogP) is 3.64. The standard InChI is InChI=1S/C20H20FN3O3S/c1-27-19-4-3-14(21)11-16(19)15-5-8-22-20-17(15)12-18(23-20)13-6-9-24(10-7-13)28(2,25)26/h3-6,8-9,11-13H,7,10H2,1-2H3,(H,22,23). The minimum Gasteiger partial charge on any atom is -0.496 e. The average molecular weight is 401 g/mol.